The molecule has 0 radical (unpaired) electrons. The van der Waals surface area contributed by atoms with Crippen LogP contribution < -0.4 is 0 Å². The van der Waals surface area contributed by atoms with Gasteiger partial charge in [-0.05, 0) is 56.3 Å². The summed E-state index contributed by atoms with van der Waals surface area (Å²) >= 11 is 0. The number of carbonyl (C=O) groups is 1. The van der Waals surface area contributed by atoms with E-state index < -0.39 is 0 Å². The fraction of sp³-hybridized carbons (Fsp3) is 0.933. The number of piperidine rings is 1. The van der Waals surface area contributed by atoms with Crippen molar-refractivity contribution in [3.05, 3.63) is 0 Å². The molecule has 102 valence electrons. The van der Waals surface area contributed by atoms with Crippen LogP contribution in [-0.4, -0.2) is 35.1 Å². The first kappa shape index (κ1) is 12.5. The van der Waals surface area contributed by atoms with Crippen LogP contribution in [0.15, 0.2) is 0 Å². The average molecular weight is 251 g/mol. The Hall–Kier alpha value is -0.570. The smallest absolute Gasteiger partial charge is 0.223 e. The van der Waals surface area contributed by atoms with Crippen LogP contribution in [0.4, 0.5) is 0 Å². The van der Waals surface area contributed by atoms with Gasteiger partial charge in [-0.25, -0.2) is 0 Å². The first-order chi connectivity index (χ1) is 8.78. The molecular formula is C15H25NO2. The predicted molar refractivity (Wildman–Crippen MR) is 70.0 cm³/mol. The van der Waals surface area contributed by atoms with E-state index in [2.05, 4.69) is 0 Å². The highest BCUT2D eigenvalue weighted by molar-refractivity contribution is 5.77. The quantitative estimate of drug-likeness (QED) is 0.835. The fourth-order valence-corrected chi connectivity index (χ4v) is 4.49. The Balaban J connectivity index is 1.57. The molecule has 1 amide bonds. The average Bonchev–Trinajstić information content (AvgIpc) is 3.01. The summed E-state index contributed by atoms with van der Waals surface area (Å²) < 4.78 is 0. The molecule has 3 rings (SSSR count). The molecule has 1 saturated heterocycles. The number of likely N-dealkylation sites (tertiary alicyclic amines) is 1. The Bertz CT molecular complexity index is 318. The van der Waals surface area contributed by atoms with Gasteiger partial charge in [0.15, 0.2) is 0 Å². The normalized spacial score (nSPS) is 39.3. The Morgan fingerprint density at radius 2 is 2.06 bits per heavy atom. The summed E-state index contributed by atoms with van der Waals surface area (Å²) in [6, 6.07) is 0.102. The summed E-state index contributed by atoms with van der Waals surface area (Å²) in [4.78, 5) is 14.4. The molecular weight excluding hydrogens is 226 g/mol. The molecule has 3 nitrogen and oxygen atoms in total. The predicted octanol–water partition coefficient (Wildman–Crippen LogP) is 2.19. The standard InChI is InChI=1S/C15H25NO2/c17-10-14-3-1-2-6-16(14)15(18)9-13-8-11-4-5-12(13)7-11/h11-14,17H,1-10H2. The number of carbonyl (C=O) groups excluding carboxylic acids is 1. The molecule has 1 aliphatic heterocycles. The highest BCUT2D eigenvalue weighted by atomic mass is 16.3. The van der Waals surface area contributed by atoms with Gasteiger partial charge in [-0.3, -0.25) is 4.79 Å². The molecule has 18 heavy (non-hydrogen) atoms. The molecule has 4 unspecified atom stereocenters. The lowest BCUT2D eigenvalue weighted by atomic mass is 9.85. The maximum Gasteiger partial charge on any atom is 0.223 e. The van der Waals surface area contributed by atoms with Crippen molar-refractivity contribution in [2.45, 2.75) is 57.4 Å². The molecule has 4 atom stereocenters. The minimum atomic E-state index is 0.102. The van der Waals surface area contributed by atoms with E-state index in [4.69, 9.17) is 0 Å². The van der Waals surface area contributed by atoms with Crippen LogP contribution >= 0.6 is 0 Å². The minimum absolute atomic E-state index is 0.102. The number of rotatable bonds is 3. The number of aliphatic hydroxyl groups excluding tert-OH is 1. The number of hydrogen-bond donors (Lipinski definition) is 1. The van der Waals surface area contributed by atoms with E-state index in [9.17, 15) is 9.90 Å². The molecule has 0 aromatic carbocycles. The highest BCUT2D eigenvalue weighted by Gasteiger charge is 2.41. The van der Waals surface area contributed by atoms with Gasteiger partial charge in [0.25, 0.3) is 0 Å². The zero-order chi connectivity index (χ0) is 12.5. The lowest BCUT2D eigenvalue weighted by Crippen LogP contribution is -2.46. The molecule has 3 heteroatoms. The number of aliphatic hydroxyl groups is 1. The van der Waals surface area contributed by atoms with E-state index in [-0.39, 0.29) is 12.6 Å². The van der Waals surface area contributed by atoms with Crippen molar-refractivity contribution >= 4 is 5.91 Å². The van der Waals surface area contributed by atoms with Crippen LogP contribution in [0, 0.1) is 17.8 Å². The molecule has 2 saturated carbocycles. The van der Waals surface area contributed by atoms with E-state index in [0.717, 1.165) is 44.1 Å². The third-order valence-electron chi connectivity index (χ3n) is 5.48. The molecule has 3 aliphatic rings. The monoisotopic (exact) mass is 251 g/mol. The first-order valence-corrected chi connectivity index (χ1v) is 7.68. The molecule has 0 aromatic heterocycles. The Morgan fingerprint density at radius 1 is 1.17 bits per heavy atom. The Morgan fingerprint density at radius 3 is 2.72 bits per heavy atom. The zero-order valence-electron chi connectivity index (χ0n) is 11.2. The van der Waals surface area contributed by atoms with E-state index in [1.54, 1.807) is 0 Å². The number of nitrogens with zero attached hydrogens (tertiary/aromatic N) is 1. The molecule has 0 spiro atoms. The Kier molecular flexibility index (Phi) is 3.60. The summed E-state index contributed by atoms with van der Waals surface area (Å²) in [5, 5.41) is 9.38. The largest absolute Gasteiger partial charge is 0.394 e. The first-order valence-electron chi connectivity index (χ1n) is 7.68. The fourth-order valence-electron chi connectivity index (χ4n) is 4.49. The third-order valence-corrected chi connectivity index (χ3v) is 5.48. The second-order valence-electron chi connectivity index (χ2n) is 6.56. The van der Waals surface area contributed by atoms with E-state index >= 15 is 0 Å². The van der Waals surface area contributed by atoms with Gasteiger partial charge in [0.2, 0.25) is 5.91 Å². The highest BCUT2D eigenvalue weighted by Crippen LogP contribution is 2.49. The molecule has 1 N–H and O–H groups in total. The van der Waals surface area contributed by atoms with E-state index in [0.29, 0.717) is 11.8 Å². The van der Waals surface area contributed by atoms with Crippen LogP contribution in [0.5, 0.6) is 0 Å². The lowest BCUT2D eigenvalue weighted by molar-refractivity contribution is -0.137. The molecule has 1 heterocycles. The summed E-state index contributed by atoms with van der Waals surface area (Å²) in [6.45, 7) is 1.01. The van der Waals surface area contributed by atoms with Crippen molar-refractivity contribution in [1.82, 2.24) is 4.90 Å². The molecule has 0 aromatic rings. The second-order valence-corrected chi connectivity index (χ2v) is 6.56. The molecule has 2 bridgehead atoms. The van der Waals surface area contributed by atoms with E-state index in [1.165, 1.54) is 25.7 Å². The number of hydrogen-bond acceptors (Lipinski definition) is 2. The van der Waals surface area contributed by atoms with Crippen molar-refractivity contribution in [2.24, 2.45) is 17.8 Å². The van der Waals surface area contributed by atoms with Crippen molar-refractivity contribution in [3.8, 4) is 0 Å². The van der Waals surface area contributed by atoms with Crippen molar-refractivity contribution in [3.63, 3.8) is 0 Å². The topological polar surface area (TPSA) is 40.5 Å². The maximum absolute atomic E-state index is 12.4. The summed E-state index contributed by atoms with van der Waals surface area (Å²) in [7, 11) is 0. The Labute approximate surface area is 110 Å². The lowest BCUT2D eigenvalue weighted by Gasteiger charge is -2.36. The zero-order valence-corrected chi connectivity index (χ0v) is 11.2. The third kappa shape index (κ3) is 2.29. The SMILES string of the molecule is O=C(CC1CC2CCC1C2)N1CCCCC1CO. The minimum Gasteiger partial charge on any atom is -0.394 e. The van der Waals surface area contributed by atoms with Gasteiger partial charge in [-0.2, -0.15) is 0 Å². The van der Waals surface area contributed by atoms with Crippen LogP contribution in [0.25, 0.3) is 0 Å². The van der Waals surface area contributed by atoms with Crippen LogP contribution in [-0.2, 0) is 4.79 Å². The number of fused-ring (bicyclic) bond motifs is 2. The van der Waals surface area contributed by atoms with Crippen LogP contribution in [0.1, 0.15) is 51.4 Å². The van der Waals surface area contributed by atoms with Crippen LogP contribution in [0.2, 0.25) is 0 Å². The summed E-state index contributed by atoms with van der Waals surface area (Å²) in [5.74, 6) is 2.71. The summed E-state index contributed by atoms with van der Waals surface area (Å²) in [5.41, 5.74) is 0. The molecule has 2 aliphatic carbocycles. The van der Waals surface area contributed by atoms with Crippen molar-refractivity contribution in [1.29, 1.82) is 0 Å². The summed E-state index contributed by atoms with van der Waals surface area (Å²) in [6.07, 6.45) is 9.42. The van der Waals surface area contributed by atoms with Crippen LogP contribution in [0.3, 0.4) is 0 Å². The number of amides is 1. The van der Waals surface area contributed by atoms with Crippen molar-refractivity contribution < 1.29 is 9.90 Å². The van der Waals surface area contributed by atoms with Crippen molar-refractivity contribution in [2.75, 3.05) is 13.2 Å². The second kappa shape index (κ2) is 5.20. The van der Waals surface area contributed by atoms with Gasteiger partial charge in [-0.15, -0.1) is 0 Å². The maximum atomic E-state index is 12.4. The van der Waals surface area contributed by atoms with Gasteiger partial charge >= 0.3 is 0 Å². The van der Waals surface area contributed by atoms with Gasteiger partial charge < -0.3 is 10.0 Å². The van der Waals surface area contributed by atoms with Gasteiger partial charge in [-0.1, -0.05) is 6.42 Å². The van der Waals surface area contributed by atoms with E-state index in [1.807, 2.05) is 4.90 Å². The van der Waals surface area contributed by atoms with Gasteiger partial charge in [0.05, 0.1) is 12.6 Å². The molecule has 3 fully saturated rings. The van der Waals surface area contributed by atoms with Gasteiger partial charge in [0, 0.05) is 13.0 Å². The van der Waals surface area contributed by atoms with Gasteiger partial charge in [0.1, 0.15) is 0 Å².